The first-order chi connectivity index (χ1) is 9.22. The number of carbonyl (C=O) groups is 1. The summed E-state index contributed by atoms with van der Waals surface area (Å²) >= 11 is 0. The first-order valence-electron chi connectivity index (χ1n) is 7.05. The van der Waals surface area contributed by atoms with Gasteiger partial charge in [-0.25, -0.2) is 0 Å². The minimum Gasteiger partial charge on any atom is -0.480 e. The molecule has 2 aliphatic rings. The first-order valence-corrected chi connectivity index (χ1v) is 7.05. The SMILES string of the molecule is NC1(C(=O)O)CCCC1CCN(CC(F)(F)F)C1CC1. The zero-order chi connectivity index (χ0) is 15.0. The summed E-state index contributed by atoms with van der Waals surface area (Å²) in [7, 11) is 0. The van der Waals surface area contributed by atoms with Crippen molar-refractivity contribution in [3.8, 4) is 0 Å². The van der Waals surface area contributed by atoms with Gasteiger partial charge in [0.15, 0.2) is 0 Å². The van der Waals surface area contributed by atoms with E-state index in [1.165, 1.54) is 4.90 Å². The van der Waals surface area contributed by atoms with Gasteiger partial charge in [0.25, 0.3) is 0 Å². The predicted molar refractivity (Wildman–Crippen MR) is 67.2 cm³/mol. The number of nitrogens with zero attached hydrogens (tertiary/aromatic N) is 1. The summed E-state index contributed by atoms with van der Waals surface area (Å²) in [6.07, 6.45) is -0.347. The quantitative estimate of drug-likeness (QED) is 0.786. The number of aliphatic carboxylic acids is 1. The fourth-order valence-corrected chi connectivity index (χ4v) is 3.17. The van der Waals surface area contributed by atoms with Crippen LogP contribution in [0.3, 0.4) is 0 Å². The Kier molecular flexibility index (Phi) is 4.30. The number of hydrogen-bond donors (Lipinski definition) is 2. The van der Waals surface area contributed by atoms with Gasteiger partial charge < -0.3 is 10.8 Å². The molecule has 3 N–H and O–H groups in total. The number of alkyl halides is 3. The van der Waals surface area contributed by atoms with E-state index in [1.54, 1.807) is 0 Å². The van der Waals surface area contributed by atoms with Gasteiger partial charge in [-0.05, 0) is 44.6 Å². The third-order valence-electron chi connectivity index (χ3n) is 4.48. The molecule has 2 unspecified atom stereocenters. The van der Waals surface area contributed by atoms with Crippen LogP contribution in [0.15, 0.2) is 0 Å². The largest absolute Gasteiger partial charge is 0.480 e. The highest BCUT2D eigenvalue weighted by Crippen LogP contribution is 2.38. The highest BCUT2D eigenvalue weighted by Gasteiger charge is 2.46. The van der Waals surface area contributed by atoms with Crippen molar-refractivity contribution in [2.24, 2.45) is 11.7 Å². The summed E-state index contributed by atoms with van der Waals surface area (Å²) in [5, 5.41) is 9.20. The molecular formula is C13H21F3N2O2. The van der Waals surface area contributed by atoms with Gasteiger partial charge in [-0.2, -0.15) is 13.2 Å². The third kappa shape index (κ3) is 3.63. The van der Waals surface area contributed by atoms with E-state index >= 15 is 0 Å². The molecule has 0 heterocycles. The summed E-state index contributed by atoms with van der Waals surface area (Å²) in [6, 6.07) is 0.00929. The normalized spacial score (nSPS) is 30.9. The van der Waals surface area contributed by atoms with E-state index in [4.69, 9.17) is 5.73 Å². The predicted octanol–water partition coefficient (Wildman–Crippen LogP) is 1.99. The van der Waals surface area contributed by atoms with Crippen molar-refractivity contribution in [1.82, 2.24) is 4.90 Å². The lowest BCUT2D eigenvalue weighted by Crippen LogP contribution is -2.51. The lowest BCUT2D eigenvalue weighted by Gasteiger charge is -2.30. The second kappa shape index (κ2) is 5.52. The molecule has 116 valence electrons. The fraction of sp³-hybridized carbons (Fsp3) is 0.923. The van der Waals surface area contributed by atoms with Gasteiger partial charge in [0.1, 0.15) is 5.54 Å². The van der Waals surface area contributed by atoms with E-state index in [-0.39, 0.29) is 18.5 Å². The molecule has 2 rings (SSSR count). The van der Waals surface area contributed by atoms with Crippen LogP contribution in [-0.2, 0) is 4.79 Å². The van der Waals surface area contributed by atoms with Gasteiger partial charge in [-0.1, -0.05) is 6.42 Å². The highest BCUT2D eigenvalue weighted by atomic mass is 19.4. The Balaban J connectivity index is 1.91. The van der Waals surface area contributed by atoms with E-state index in [0.29, 0.717) is 19.3 Å². The number of hydrogen-bond acceptors (Lipinski definition) is 3. The molecule has 2 fully saturated rings. The molecule has 0 aliphatic heterocycles. The van der Waals surface area contributed by atoms with Crippen molar-refractivity contribution in [2.75, 3.05) is 13.1 Å². The Morgan fingerprint density at radius 3 is 2.50 bits per heavy atom. The zero-order valence-electron chi connectivity index (χ0n) is 11.3. The van der Waals surface area contributed by atoms with E-state index in [1.807, 2.05) is 0 Å². The van der Waals surface area contributed by atoms with Crippen LogP contribution in [-0.4, -0.2) is 46.8 Å². The second-order valence-electron chi connectivity index (χ2n) is 6.04. The second-order valence-corrected chi connectivity index (χ2v) is 6.04. The summed E-state index contributed by atoms with van der Waals surface area (Å²) < 4.78 is 37.5. The molecule has 0 aromatic rings. The monoisotopic (exact) mass is 294 g/mol. The molecule has 0 bridgehead atoms. The molecule has 0 aromatic heterocycles. The van der Waals surface area contributed by atoms with Crippen LogP contribution in [0, 0.1) is 5.92 Å². The van der Waals surface area contributed by atoms with Crippen LogP contribution in [0.1, 0.15) is 38.5 Å². The molecule has 0 spiro atoms. The smallest absolute Gasteiger partial charge is 0.401 e. The van der Waals surface area contributed by atoms with Gasteiger partial charge in [0, 0.05) is 6.04 Å². The molecule has 2 atom stereocenters. The Labute approximate surface area is 116 Å². The van der Waals surface area contributed by atoms with E-state index in [0.717, 1.165) is 19.3 Å². The summed E-state index contributed by atoms with van der Waals surface area (Å²) in [5.41, 5.74) is 4.65. The van der Waals surface area contributed by atoms with Crippen molar-refractivity contribution >= 4 is 5.97 Å². The minimum absolute atomic E-state index is 0.00929. The maximum Gasteiger partial charge on any atom is 0.401 e. The molecule has 0 radical (unpaired) electrons. The lowest BCUT2D eigenvalue weighted by molar-refractivity contribution is -0.149. The Bertz CT molecular complexity index is 371. The molecule has 2 saturated carbocycles. The molecule has 0 aromatic carbocycles. The Morgan fingerprint density at radius 1 is 1.35 bits per heavy atom. The zero-order valence-corrected chi connectivity index (χ0v) is 11.3. The fourth-order valence-electron chi connectivity index (χ4n) is 3.17. The molecule has 7 heteroatoms. The third-order valence-corrected chi connectivity index (χ3v) is 4.48. The van der Waals surface area contributed by atoms with Crippen molar-refractivity contribution in [3.63, 3.8) is 0 Å². The minimum atomic E-state index is -4.20. The van der Waals surface area contributed by atoms with E-state index < -0.39 is 24.2 Å². The first kappa shape index (κ1) is 15.6. The number of carboxylic acids is 1. The maximum atomic E-state index is 12.5. The van der Waals surface area contributed by atoms with Crippen LogP contribution >= 0.6 is 0 Å². The van der Waals surface area contributed by atoms with Crippen LogP contribution in [0.25, 0.3) is 0 Å². The number of carboxylic acid groups (broad SMARTS) is 1. The average molecular weight is 294 g/mol. The highest BCUT2D eigenvalue weighted by molar-refractivity contribution is 5.79. The average Bonchev–Trinajstić information content (AvgIpc) is 3.08. The van der Waals surface area contributed by atoms with Crippen LogP contribution in [0.5, 0.6) is 0 Å². The summed E-state index contributed by atoms with van der Waals surface area (Å²) in [4.78, 5) is 12.7. The number of halogens is 3. The van der Waals surface area contributed by atoms with Crippen molar-refractivity contribution in [1.29, 1.82) is 0 Å². The van der Waals surface area contributed by atoms with Gasteiger partial charge in [-0.15, -0.1) is 0 Å². The molecule has 0 amide bonds. The van der Waals surface area contributed by atoms with E-state index in [9.17, 15) is 23.1 Å². The van der Waals surface area contributed by atoms with Crippen LogP contribution < -0.4 is 5.73 Å². The van der Waals surface area contributed by atoms with Crippen molar-refractivity contribution in [2.45, 2.75) is 56.3 Å². The van der Waals surface area contributed by atoms with Crippen LogP contribution in [0.2, 0.25) is 0 Å². The number of nitrogens with two attached hydrogens (primary N) is 1. The summed E-state index contributed by atoms with van der Waals surface area (Å²) in [5.74, 6) is -1.26. The van der Waals surface area contributed by atoms with Crippen molar-refractivity contribution < 1.29 is 23.1 Å². The van der Waals surface area contributed by atoms with Gasteiger partial charge in [0.05, 0.1) is 6.54 Å². The summed E-state index contributed by atoms with van der Waals surface area (Å²) in [6.45, 7) is -0.629. The van der Waals surface area contributed by atoms with Crippen LogP contribution in [0.4, 0.5) is 13.2 Å². The van der Waals surface area contributed by atoms with Gasteiger partial charge in [-0.3, -0.25) is 9.69 Å². The molecular weight excluding hydrogens is 273 g/mol. The lowest BCUT2D eigenvalue weighted by atomic mass is 9.85. The number of rotatable bonds is 6. The van der Waals surface area contributed by atoms with Gasteiger partial charge >= 0.3 is 12.1 Å². The van der Waals surface area contributed by atoms with Crippen molar-refractivity contribution in [3.05, 3.63) is 0 Å². The topological polar surface area (TPSA) is 66.6 Å². The maximum absolute atomic E-state index is 12.5. The molecule has 0 saturated heterocycles. The van der Waals surface area contributed by atoms with Gasteiger partial charge in [0.2, 0.25) is 0 Å². The molecule has 20 heavy (non-hydrogen) atoms. The Morgan fingerprint density at radius 2 is 2.00 bits per heavy atom. The molecule has 2 aliphatic carbocycles. The standard InChI is InChI=1S/C13H21F3N2O2/c14-13(15,16)8-18(10-3-4-10)7-5-9-2-1-6-12(9,17)11(19)20/h9-10H,1-8,17H2,(H,19,20). The molecule has 4 nitrogen and oxygen atoms in total. The Hall–Kier alpha value is -0.820. The van der Waals surface area contributed by atoms with E-state index in [2.05, 4.69) is 0 Å².